The van der Waals surface area contributed by atoms with Crippen molar-refractivity contribution in [3.63, 3.8) is 0 Å². The molecule has 2 aromatic rings. The van der Waals surface area contributed by atoms with Crippen LogP contribution in [0.4, 0.5) is 4.39 Å². The maximum absolute atomic E-state index is 13.2. The number of sulfonamides is 1. The third-order valence-corrected chi connectivity index (χ3v) is 4.68. The van der Waals surface area contributed by atoms with Gasteiger partial charge in [-0.25, -0.2) is 12.8 Å². The molecule has 0 fully saturated rings. The van der Waals surface area contributed by atoms with Crippen LogP contribution in [0.25, 0.3) is 0 Å². The van der Waals surface area contributed by atoms with Crippen LogP contribution in [0.2, 0.25) is 0 Å². The summed E-state index contributed by atoms with van der Waals surface area (Å²) in [6.07, 6.45) is 2.03. The van der Waals surface area contributed by atoms with Gasteiger partial charge in [-0.05, 0) is 11.6 Å². The Morgan fingerprint density at radius 2 is 1.90 bits per heavy atom. The summed E-state index contributed by atoms with van der Waals surface area (Å²) in [5.41, 5.74) is 0.777. The van der Waals surface area contributed by atoms with Gasteiger partial charge in [0.15, 0.2) is 0 Å². The van der Waals surface area contributed by atoms with Crippen molar-refractivity contribution in [2.24, 2.45) is 0 Å². The van der Waals surface area contributed by atoms with Crippen molar-refractivity contribution in [1.82, 2.24) is 9.29 Å². The van der Waals surface area contributed by atoms with Crippen molar-refractivity contribution in [2.75, 3.05) is 13.2 Å². The highest BCUT2D eigenvalue weighted by Gasteiger charge is 2.25. The molecule has 0 spiro atoms. The minimum atomic E-state index is -3.91. The maximum atomic E-state index is 13.2. The zero-order valence-corrected chi connectivity index (χ0v) is 12.0. The first kappa shape index (κ1) is 15.6. The third-order valence-electron chi connectivity index (χ3n) is 2.87. The Bertz CT molecular complexity index is 692. The number of halogens is 1. The summed E-state index contributed by atoms with van der Waals surface area (Å²) in [6.45, 7) is -0.303. The standard InChI is InChI=1S/C14H15FN2O3S/c15-13-8-14(10-16-9-13)21(19,20)17(6-7-18)11-12-4-2-1-3-5-12/h1-5,8-10,18H,6-7,11H2. The smallest absolute Gasteiger partial charge is 0.245 e. The monoisotopic (exact) mass is 310 g/mol. The van der Waals surface area contributed by atoms with Crippen LogP contribution in [0.15, 0.2) is 53.7 Å². The Balaban J connectivity index is 2.32. The van der Waals surface area contributed by atoms with Gasteiger partial charge in [0, 0.05) is 19.3 Å². The second-order valence-electron chi connectivity index (χ2n) is 4.39. The number of benzene rings is 1. The molecular weight excluding hydrogens is 295 g/mol. The first-order valence-electron chi connectivity index (χ1n) is 6.29. The molecule has 0 aliphatic rings. The predicted octanol–water partition coefficient (Wildman–Crippen LogP) is 1.40. The van der Waals surface area contributed by atoms with E-state index in [0.29, 0.717) is 0 Å². The molecule has 0 saturated heterocycles. The number of aliphatic hydroxyl groups excluding tert-OH is 1. The van der Waals surface area contributed by atoms with E-state index in [1.807, 2.05) is 6.07 Å². The van der Waals surface area contributed by atoms with E-state index < -0.39 is 15.8 Å². The van der Waals surface area contributed by atoms with E-state index in [9.17, 15) is 12.8 Å². The molecule has 1 aromatic heterocycles. The van der Waals surface area contributed by atoms with Crippen LogP contribution in [0.1, 0.15) is 5.56 Å². The minimum absolute atomic E-state index is 0.0757. The van der Waals surface area contributed by atoms with E-state index in [2.05, 4.69) is 4.98 Å². The normalized spacial score (nSPS) is 11.8. The summed E-state index contributed by atoms with van der Waals surface area (Å²) in [4.78, 5) is 3.33. The van der Waals surface area contributed by atoms with E-state index in [1.54, 1.807) is 24.3 Å². The fourth-order valence-electron chi connectivity index (χ4n) is 1.87. The molecule has 0 atom stereocenters. The van der Waals surface area contributed by atoms with Crippen molar-refractivity contribution in [1.29, 1.82) is 0 Å². The van der Waals surface area contributed by atoms with Gasteiger partial charge in [0.2, 0.25) is 10.0 Å². The Morgan fingerprint density at radius 1 is 1.19 bits per heavy atom. The summed E-state index contributed by atoms with van der Waals surface area (Å²) in [5.74, 6) is -0.722. The maximum Gasteiger partial charge on any atom is 0.245 e. The Labute approximate surface area is 122 Å². The molecule has 0 aliphatic heterocycles. The van der Waals surface area contributed by atoms with Gasteiger partial charge in [-0.3, -0.25) is 4.98 Å². The second kappa shape index (κ2) is 6.75. The van der Waals surface area contributed by atoms with Gasteiger partial charge in [0.1, 0.15) is 10.7 Å². The highest BCUT2D eigenvalue weighted by molar-refractivity contribution is 7.89. The highest BCUT2D eigenvalue weighted by Crippen LogP contribution is 2.18. The van der Waals surface area contributed by atoms with Crippen LogP contribution in [0.3, 0.4) is 0 Å². The van der Waals surface area contributed by atoms with E-state index in [1.165, 1.54) is 0 Å². The van der Waals surface area contributed by atoms with Crippen LogP contribution in [0, 0.1) is 5.82 Å². The zero-order valence-electron chi connectivity index (χ0n) is 11.2. The van der Waals surface area contributed by atoms with Gasteiger partial charge in [-0.2, -0.15) is 4.31 Å². The van der Waals surface area contributed by atoms with Crippen molar-refractivity contribution in [2.45, 2.75) is 11.4 Å². The molecule has 1 heterocycles. The fraction of sp³-hybridized carbons (Fsp3) is 0.214. The van der Waals surface area contributed by atoms with Gasteiger partial charge in [0.25, 0.3) is 0 Å². The fourth-order valence-corrected chi connectivity index (χ4v) is 3.26. The molecule has 7 heteroatoms. The Morgan fingerprint density at radius 3 is 2.52 bits per heavy atom. The van der Waals surface area contributed by atoms with E-state index >= 15 is 0 Å². The number of aromatic nitrogens is 1. The van der Waals surface area contributed by atoms with Crippen LogP contribution in [-0.4, -0.2) is 36.0 Å². The molecule has 112 valence electrons. The van der Waals surface area contributed by atoms with E-state index in [0.717, 1.165) is 28.3 Å². The molecule has 1 N–H and O–H groups in total. The van der Waals surface area contributed by atoms with Gasteiger partial charge in [0.05, 0.1) is 12.8 Å². The van der Waals surface area contributed by atoms with Gasteiger partial charge in [-0.15, -0.1) is 0 Å². The van der Waals surface area contributed by atoms with Crippen LogP contribution in [-0.2, 0) is 16.6 Å². The third kappa shape index (κ3) is 3.84. The highest BCUT2D eigenvalue weighted by atomic mass is 32.2. The number of pyridine rings is 1. The summed E-state index contributed by atoms with van der Waals surface area (Å²) in [6, 6.07) is 9.89. The Kier molecular flexibility index (Phi) is 5.00. The Hall–Kier alpha value is -1.83. The lowest BCUT2D eigenvalue weighted by atomic mass is 10.2. The van der Waals surface area contributed by atoms with Crippen LogP contribution in [0.5, 0.6) is 0 Å². The predicted molar refractivity (Wildman–Crippen MR) is 75.3 cm³/mol. The van der Waals surface area contributed by atoms with Crippen molar-refractivity contribution in [3.05, 3.63) is 60.2 Å². The SMILES string of the molecule is O=S(=O)(c1cncc(F)c1)N(CCO)Cc1ccccc1. The average molecular weight is 310 g/mol. The van der Waals surface area contributed by atoms with Crippen LogP contribution >= 0.6 is 0 Å². The molecule has 21 heavy (non-hydrogen) atoms. The second-order valence-corrected chi connectivity index (χ2v) is 6.32. The number of rotatable bonds is 6. The molecule has 0 saturated carbocycles. The first-order chi connectivity index (χ1) is 10.0. The molecule has 0 unspecified atom stereocenters. The van der Waals surface area contributed by atoms with Crippen molar-refractivity contribution in [3.8, 4) is 0 Å². The molecule has 0 radical (unpaired) electrons. The number of nitrogens with zero attached hydrogens (tertiary/aromatic N) is 2. The molecule has 2 rings (SSSR count). The average Bonchev–Trinajstić information content (AvgIpc) is 2.48. The summed E-state index contributed by atoms with van der Waals surface area (Å²) < 4.78 is 39.2. The zero-order chi connectivity index (χ0) is 15.3. The van der Waals surface area contributed by atoms with Gasteiger partial charge >= 0.3 is 0 Å². The van der Waals surface area contributed by atoms with Crippen molar-refractivity contribution >= 4 is 10.0 Å². The lowest BCUT2D eigenvalue weighted by Crippen LogP contribution is -2.33. The summed E-state index contributed by atoms with van der Waals surface area (Å²) >= 11 is 0. The molecule has 0 bridgehead atoms. The topological polar surface area (TPSA) is 70.5 Å². The lowest BCUT2D eigenvalue weighted by molar-refractivity contribution is 0.251. The quantitative estimate of drug-likeness (QED) is 0.875. The number of hydrogen-bond donors (Lipinski definition) is 1. The van der Waals surface area contributed by atoms with Crippen LogP contribution < -0.4 is 0 Å². The summed E-state index contributed by atoms with van der Waals surface area (Å²) in [7, 11) is -3.91. The molecule has 0 aliphatic carbocycles. The molecule has 5 nitrogen and oxygen atoms in total. The van der Waals surface area contributed by atoms with E-state index in [-0.39, 0.29) is 24.6 Å². The largest absolute Gasteiger partial charge is 0.395 e. The first-order valence-corrected chi connectivity index (χ1v) is 7.73. The lowest BCUT2D eigenvalue weighted by Gasteiger charge is -2.21. The molecule has 0 amide bonds. The molecular formula is C14H15FN2O3S. The number of hydrogen-bond acceptors (Lipinski definition) is 4. The summed E-state index contributed by atoms with van der Waals surface area (Å²) in [5, 5.41) is 9.08. The van der Waals surface area contributed by atoms with Gasteiger partial charge in [-0.1, -0.05) is 30.3 Å². The van der Waals surface area contributed by atoms with Crippen molar-refractivity contribution < 1.29 is 17.9 Å². The molecule has 1 aromatic carbocycles. The van der Waals surface area contributed by atoms with Gasteiger partial charge < -0.3 is 5.11 Å². The number of aliphatic hydroxyl groups is 1. The van der Waals surface area contributed by atoms with E-state index in [4.69, 9.17) is 5.11 Å². The minimum Gasteiger partial charge on any atom is -0.395 e.